The number of nitrogens with one attached hydrogen (secondary N) is 2. The predicted molar refractivity (Wildman–Crippen MR) is 89.6 cm³/mol. The molecule has 0 saturated heterocycles. The smallest absolute Gasteiger partial charge is 0.150 e. The van der Waals surface area contributed by atoms with Crippen molar-refractivity contribution >= 4 is 22.4 Å². The van der Waals surface area contributed by atoms with Crippen molar-refractivity contribution < 1.29 is 9.50 Å². The molecule has 0 atom stereocenters. The van der Waals surface area contributed by atoms with Crippen LogP contribution in [0, 0.1) is 5.82 Å². The molecule has 6 nitrogen and oxygen atoms in total. The first-order valence-electron chi connectivity index (χ1n) is 7.32. The summed E-state index contributed by atoms with van der Waals surface area (Å²) in [4.78, 5) is 7.60. The number of benzene rings is 1. The van der Waals surface area contributed by atoms with E-state index in [1.807, 2.05) is 25.4 Å². The number of anilines is 2. The maximum Gasteiger partial charge on any atom is 0.150 e. The number of H-pyrrole nitrogens is 1. The maximum atomic E-state index is 13.8. The zero-order chi connectivity index (χ0) is 16.7. The maximum absolute atomic E-state index is 13.8. The Kier molecular flexibility index (Phi) is 3.19. The number of phenolic OH excluding ortho intramolecular Hbond substituents is 1. The number of phenols is 1. The van der Waals surface area contributed by atoms with E-state index < -0.39 is 5.82 Å². The summed E-state index contributed by atoms with van der Waals surface area (Å²) in [5, 5.41) is 17.3. The molecule has 7 heteroatoms. The third kappa shape index (κ3) is 2.56. The molecule has 4 aromatic rings. The lowest BCUT2D eigenvalue weighted by Crippen LogP contribution is -1.95. The number of fused-ring (bicyclic) bond motifs is 1. The van der Waals surface area contributed by atoms with Gasteiger partial charge in [-0.15, -0.1) is 0 Å². The molecule has 24 heavy (non-hydrogen) atoms. The Morgan fingerprint density at radius 3 is 2.83 bits per heavy atom. The summed E-state index contributed by atoms with van der Waals surface area (Å²) in [6.45, 7) is 0. The second kappa shape index (κ2) is 5.38. The number of aromatic hydroxyl groups is 1. The van der Waals surface area contributed by atoms with Crippen molar-refractivity contribution in [3.05, 3.63) is 54.7 Å². The molecule has 0 spiro atoms. The molecule has 0 saturated carbocycles. The van der Waals surface area contributed by atoms with E-state index in [0.717, 1.165) is 28.2 Å². The van der Waals surface area contributed by atoms with E-state index in [2.05, 4.69) is 20.4 Å². The highest BCUT2D eigenvalue weighted by Gasteiger charge is 2.08. The molecule has 120 valence electrons. The zero-order valence-corrected chi connectivity index (χ0v) is 12.8. The molecule has 4 rings (SSSR count). The van der Waals surface area contributed by atoms with Gasteiger partial charge in [0.05, 0.1) is 17.4 Å². The van der Waals surface area contributed by atoms with Crippen LogP contribution in [0.3, 0.4) is 0 Å². The number of aromatic nitrogens is 4. The fourth-order valence-electron chi connectivity index (χ4n) is 2.55. The molecule has 0 amide bonds. The monoisotopic (exact) mass is 323 g/mol. The normalized spacial score (nSPS) is 11.1. The number of halogens is 1. The molecule has 0 radical (unpaired) electrons. The van der Waals surface area contributed by atoms with Gasteiger partial charge in [-0.3, -0.25) is 4.68 Å². The fourth-order valence-corrected chi connectivity index (χ4v) is 2.55. The number of aromatic amines is 1. The van der Waals surface area contributed by atoms with Crippen LogP contribution >= 0.6 is 0 Å². The largest absolute Gasteiger partial charge is 0.508 e. The van der Waals surface area contributed by atoms with Crippen LogP contribution in [-0.2, 0) is 7.05 Å². The molecule has 0 bridgehead atoms. The van der Waals surface area contributed by atoms with Gasteiger partial charge in [-0.2, -0.15) is 5.10 Å². The van der Waals surface area contributed by atoms with E-state index in [9.17, 15) is 9.50 Å². The van der Waals surface area contributed by atoms with Crippen molar-refractivity contribution in [2.24, 2.45) is 7.05 Å². The number of hydrogen-bond acceptors (Lipinski definition) is 4. The second-order valence-electron chi connectivity index (χ2n) is 5.53. The Labute approximate surface area is 136 Å². The third-order valence-corrected chi connectivity index (χ3v) is 3.74. The highest BCUT2D eigenvalue weighted by Crippen LogP contribution is 2.27. The highest BCUT2D eigenvalue weighted by molar-refractivity contribution is 5.87. The van der Waals surface area contributed by atoms with Crippen LogP contribution < -0.4 is 5.32 Å². The summed E-state index contributed by atoms with van der Waals surface area (Å²) in [6, 6.07) is 7.73. The van der Waals surface area contributed by atoms with Crippen molar-refractivity contribution in [2.45, 2.75) is 0 Å². The Morgan fingerprint density at radius 2 is 2.08 bits per heavy atom. The first-order chi connectivity index (χ1) is 11.6. The lowest BCUT2D eigenvalue weighted by atomic mass is 10.2. The number of hydrogen-bond donors (Lipinski definition) is 3. The Balaban J connectivity index is 1.68. The summed E-state index contributed by atoms with van der Waals surface area (Å²) < 4.78 is 15.5. The van der Waals surface area contributed by atoms with Gasteiger partial charge >= 0.3 is 0 Å². The van der Waals surface area contributed by atoms with Crippen LogP contribution in [0.25, 0.3) is 22.2 Å². The second-order valence-corrected chi connectivity index (χ2v) is 5.53. The topological polar surface area (TPSA) is 78.8 Å². The van der Waals surface area contributed by atoms with Crippen LogP contribution in [0.1, 0.15) is 0 Å². The summed E-state index contributed by atoms with van der Waals surface area (Å²) in [5.74, 6) is -0.155. The van der Waals surface area contributed by atoms with Gasteiger partial charge in [-0.05, 0) is 18.2 Å². The number of rotatable bonds is 3. The standard InChI is InChI=1S/C17H14FN5O/c1-23-9-11(8-20-23)15-4-10-7-19-17(6-16(10)21-15)22-14-3-2-12(24)5-13(14)18/h2-9,21,24H,1H3,(H,19,22). The van der Waals surface area contributed by atoms with E-state index >= 15 is 0 Å². The first kappa shape index (κ1) is 14.3. The molecule has 3 heterocycles. The summed E-state index contributed by atoms with van der Waals surface area (Å²) in [7, 11) is 1.86. The fraction of sp³-hybridized carbons (Fsp3) is 0.0588. The highest BCUT2D eigenvalue weighted by atomic mass is 19.1. The number of aryl methyl sites for hydroxylation is 1. The molecule has 0 fully saturated rings. The minimum atomic E-state index is -0.542. The van der Waals surface area contributed by atoms with Crippen molar-refractivity contribution in [2.75, 3.05) is 5.32 Å². The van der Waals surface area contributed by atoms with Gasteiger partial charge in [0.15, 0.2) is 0 Å². The van der Waals surface area contributed by atoms with Crippen LogP contribution in [0.5, 0.6) is 5.75 Å². The van der Waals surface area contributed by atoms with Gasteiger partial charge in [-0.25, -0.2) is 9.37 Å². The van der Waals surface area contributed by atoms with Crippen molar-refractivity contribution in [1.82, 2.24) is 19.7 Å². The Morgan fingerprint density at radius 1 is 1.21 bits per heavy atom. The van der Waals surface area contributed by atoms with Crippen LogP contribution in [0.4, 0.5) is 15.9 Å². The summed E-state index contributed by atoms with van der Waals surface area (Å²) in [6.07, 6.45) is 5.42. The quantitative estimate of drug-likeness (QED) is 0.504. The van der Waals surface area contributed by atoms with Crippen molar-refractivity contribution in [1.29, 1.82) is 0 Å². The lowest BCUT2D eigenvalue weighted by Gasteiger charge is -2.07. The van der Waals surface area contributed by atoms with Crippen molar-refractivity contribution in [3.63, 3.8) is 0 Å². The van der Waals surface area contributed by atoms with Gasteiger partial charge in [0, 0.05) is 48.2 Å². The summed E-state index contributed by atoms with van der Waals surface area (Å²) >= 11 is 0. The van der Waals surface area contributed by atoms with Gasteiger partial charge < -0.3 is 15.4 Å². The van der Waals surface area contributed by atoms with E-state index in [-0.39, 0.29) is 11.4 Å². The minimum Gasteiger partial charge on any atom is -0.508 e. The van der Waals surface area contributed by atoms with Gasteiger partial charge in [0.2, 0.25) is 0 Å². The van der Waals surface area contributed by atoms with Gasteiger partial charge in [-0.1, -0.05) is 0 Å². The van der Waals surface area contributed by atoms with Crippen LogP contribution in [-0.4, -0.2) is 24.9 Å². The SMILES string of the molecule is Cn1cc(-c2cc3cnc(Nc4ccc(O)cc4F)cc3[nH]2)cn1. The summed E-state index contributed by atoms with van der Waals surface area (Å²) in [5.41, 5.74) is 3.05. The average Bonchev–Trinajstić information content (AvgIpc) is 3.15. The molecule has 0 aliphatic heterocycles. The zero-order valence-electron chi connectivity index (χ0n) is 12.8. The van der Waals surface area contributed by atoms with E-state index in [1.54, 1.807) is 17.1 Å². The molecule has 0 aliphatic carbocycles. The number of nitrogens with zero attached hydrogens (tertiary/aromatic N) is 3. The van der Waals surface area contributed by atoms with E-state index in [1.165, 1.54) is 12.1 Å². The number of pyridine rings is 1. The minimum absolute atomic E-state index is 0.119. The molecule has 1 aromatic carbocycles. The molecule has 3 N–H and O–H groups in total. The average molecular weight is 323 g/mol. The molecular formula is C17H14FN5O. The molecular weight excluding hydrogens is 309 g/mol. The molecule has 0 unspecified atom stereocenters. The van der Waals surface area contributed by atoms with Crippen molar-refractivity contribution in [3.8, 4) is 17.0 Å². The van der Waals surface area contributed by atoms with Crippen LogP contribution in [0.2, 0.25) is 0 Å². The molecule has 3 aromatic heterocycles. The third-order valence-electron chi connectivity index (χ3n) is 3.74. The van der Waals surface area contributed by atoms with Gasteiger partial charge in [0.1, 0.15) is 17.4 Å². The lowest BCUT2D eigenvalue weighted by molar-refractivity contribution is 0.469. The van der Waals surface area contributed by atoms with Crippen LogP contribution in [0.15, 0.2) is 48.9 Å². The molecule has 0 aliphatic rings. The Bertz CT molecular complexity index is 1040. The van der Waals surface area contributed by atoms with E-state index in [0.29, 0.717) is 5.82 Å². The van der Waals surface area contributed by atoms with Gasteiger partial charge in [0.25, 0.3) is 0 Å². The predicted octanol–water partition coefficient (Wildman–Crippen LogP) is 3.55. The first-order valence-corrected chi connectivity index (χ1v) is 7.32. The Hall–Kier alpha value is -3.35. The van der Waals surface area contributed by atoms with E-state index in [4.69, 9.17) is 0 Å².